The van der Waals surface area contributed by atoms with E-state index in [1.165, 1.54) is 23.1 Å². The summed E-state index contributed by atoms with van der Waals surface area (Å²) in [6.07, 6.45) is 3.16. The molecule has 0 bridgehead atoms. The van der Waals surface area contributed by atoms with Gasteiger partial charge in [-0.3, -0.25) is 0 Å². The minimum atomic E-state index is -0.114. The lowest BCUT2D eigenvalue weighted by atomic mass is 9.93. The molecule has 1 heteroatoms. The number of aliphatic hydroxyl groups is 1. The molecular formula is C13H18O. The number of hydrogen-bond acceptors (Lipinski definition) is 1. The molecule has 1 fully saturated rings. The molecule has 2 rings (SSSR count). The van der Waals surface area contributed by atoms with Crippen LogP contribution in [0.2, 0.25) is 0 Å². The van der Waals surface area contributed by atoms with Crippen LogP contribution in [0.1, 0.15) is 41.9 Å². The number of rotatable bonds is 1. The maximum Gasteiger partial charge on any atom is 0.0608 e. The van der Waals surface area contributed by atoms with Gasteiger partial charge >= 0.3 is 0 Å². The molecule has 0 saturated heterocycles. The van der Waals surface area contributed by atoms with Gasteiger partial charge in [-0.25, -0.2) is 0 Å². The fourth-order valence-electron chi connectivity index (χ4n) is 2.32. The Morgan fingerprint density at radius 1 is 1.14 bits per heavy atom. The number of benzene rings is 1. The third kappa shape index (κ3) is 1.69. The maximum absolute atomic E-state index is 9.80. The van der Waals surface area contributed by atoms with Crippen LogP contribution in [0.3, 0.4) is 0 Å². The van der Waals surface area contributed by atoms with Crippen molar-refractivity contribution in [2.45, 2.75) is 45.1 Å². The molecule has 1 aliphatic carbocycles. The van der Waals surface area contributed by atoms with Crippen molar-refractivity contribution in [1.29, 1.82) is 0 Å². The summed E-state index contributed by atoms with van der Waals surface area (Å²) in [5, 5.41) is 9.80. The average molecular weight is 190 g/mol. The van der Waals surface area contributed by atoms with Gasteiger partial charge in [0.25, 0.3) is 0 Å². The summed E-state index contributed by atoms with van der Waals surface area (Å²) in [5.41, 5.74) is 3.99. The van der Waals surface area contributed by atoms with Crippen molar-refractivity contribution in [3.8, 4) is 0 Å². The van der Waals surface area contributed by atoms with E-state index in [0.717, 1.165) is 12.8 Å². The minimum Gasteiger partial charge on any atom is -0.392 e. The number of aryl methyl sites for hydroxylation is 2. The topological polar surface area (TPSA) is 20.2 Å². The molecule has 0 unspecified atom stereocenters. The van der Waals surface area contributed by atoms with Gasteiger partial charge in [0, 0.05) is 5.92 Å². The van der Waals surface area contributed by atoms with Crippen LogP contribution in [-0.4, -0.2) is 11.2 Å². The van der Waals surface area contributed by atoms with E-state index in [-0.39, 0.29) is 6.10 Å². The highest BCUT2D eigenvalue weighted by Gasteiger charge is 2.26. The Labute approximate surface area is 85.8 Å². The molecule has 1 aliphatic rings. The zero-order valence-electron chi connectivity index (χ0n) is 8.96. The molecule has 0 aliphatic heterocycles. The Hall–Kier alpha value is -0.820. The molecule has 1 N–H and O–H groups in total. The summed E-state index contributed by atoms with van der Waals surface area (Å²) in [4.78, 5) is 0. The summed E-state index contributed by atoms with van der Waals surface area (Å²) in [6.45, 7) is 4.27. The van der Waals surface area contributed by atoms with Gasteiger partial charge in [0.15, 0.2) is 0 Å². The first kappa shape index (κ1) is 9.72. The molecule has 1 aromatic carbocycles. The van der Waals surface area contributed by atoms with Gasteiger partial charge in [0.2, 0.25) is 0 Å². The van der Waals surface area contributed by atoms with Gasteiger partial charge < -0.3 is 5.11 Å². The Bertz CT molecular complexity index is 330. The Balaban J connectivity index is 2.28. The van der Waals surface area contributed by atoms with Gasteiger partial charge in [-0.15, -0.1) is 0 Å². The first-order valence-electron chi connectivity index (χ1n) is 5.43. The lowest BCUT2D eigenvalue weighted by molar-refractivity contribution is 0.164. The van der Waals surface area contributed by atoms with Crippen LogP contribution < -0.4 is 0 Å². The third-order valence-corrected chi connectivity index (χ3v) is 3.44. The molecule has 76 valence electrons. The molecule has 1 saturated carbocycles. The molecule has 1 nitrogen and oxygen atoms in total. The van der Waals surface area contributed by atoms with E-state index in [4.69, 9.17) is 0 Å². The fraction of sp³-hybridized carbons (Fsp3) is 0.538. The second-order valence-corrected chi connectivity index (χ2v) is 4.45. The van der Waals surface area contributed by atoms with Crippen molar-refractivity contribution in [1.82, 2.24) is 0 Å². The SMILES string of the molecule is Cc1ccc([C@@H]2CCC[C@@H]2O)cc1C. The number of hydrogen-bond donors (Lipinski definition) is 1. The molecule has 0 aromatic heterocycles. The summed E-state index contributed by atoms with van der Waals surface area (Å²) in [6, 6.07) is 6.56. The lowest BCUT2D eigenvalue weighted by Gasteiger charge is -2.15. The zero-order valence-corrected chi connectivity index (χ0v) is 8.96. The summed E-state index contributed by atoms with van der Waals surface area (Å²) < 4.78 is 0. The Morgan fingerprint density at radius 2 is 1.93 bits per heavy atom. The standard InChI is InChI=1S/C13H18O/c1-9-6-7-11(8-10(9)2)12-4-3-5-13(12)14/h6-8,12-14H,3-5H2,1-2H3/t12-,13-/m0/s1. The van der Waals surface area contributed by atoms with Crippen LogP contribution in [0, 0.1) is 13.8 Å². The van der Waals surface area contributed by atoms with Crippen LogP contribution >= 0.6 is 0 Å². The fourth-order valence-corrected chi connectivity index (χ4v) is 2.32. The van der Waals surface area contributed by atoms with Gasteiger partial charge in [-0.1, -0.05) is 24.6 Å². The first-order valence-corrected chi connectivity index (χ1v) is 5.43. The molecular weight excluding hydrogens is 172 g/mol. The third-order valence-electron chi connectivity index (χ3n) is 3.44. The van der Waals surface area contributed by atoms with Gasteiger partial charge in [0.05, 0.1) is 6.10 Å². The van der Waals surface area contributed by atoms with E-state index in [9.17, 15) is 5.11 Å². The lowest BCUT2D eigenvalue weighted by Crippen LogP contribution is -2.11. The summed E-state index contributed by atoms with van der Waals surface area (Å²) in [7, 11) is 0. The van der Waals surface area contributed by atoms with Crippen molar-refractivity contribution in [2.75, 3.05) is 0 Å². The van der Waals surface area contributed by atoms with E-state index in [2.05, 4.69) is 32.0 Å². The highest BCUT2D eigenvalue weighted by molar-refractivity contribution is 5.32. The van der Waals surface area contributed by atoms with E-state index in [0.29, 0.717) is 5.92 Å². The van der Waals surface area contributed by atoms with E-state index < -0.39 is 0 Å². The predicted molar refractivity (Wildman–Crippen MR) is 58.5 cm³/mol. The van der Waals surface area contributed by atoms with Crippen molar-refractivity contribution >= 4 is 0 Å². The Kier molecular flexibility index (Phi) is 2.60. The van der Waals surface area contributed by atoms with Crippen molar-refractivity contribution in [3.63, 3.8) is 0 Å². The largest absolute Gasteiger partial charge is 0.392 e. The normalized spacial score (nSPS) is 26.8. The van der Waals surface area contributed by atoms with E-state index in [1.807, 2.05) is 0 Å². The molecule has 0 radical (unpaired) electrons. The molecule has 0 heterocycles. The highest BCUT2D eigenvalue weighted by atomic mass is 16.3. The van der Waals surface area contributed by atoms with Crippen LogP contribution in [0.5, 0.6) is 0 Å². The van der Waals surface area contributed by atoms with Crippen LogP contribution in [-0.2, 0) is 0 Å². The maximum atomic E-state index is 9.80. The molecule has 1 aromatic rings. The van der Waals surface area contributed by atoms with Gasteiger partial charge in [-0.2, -0.15) is 0 Å². The second kappa shape index (κ2) is 3.74. The van der Waals surface area contributed by atoms with Crippen LogP contribution in [0.15, 0.2) is 18.2 Å². The van der Waals surface area contributed by atoms with E-state index in [1.54, 1.807) is 0 Å². The zero-order chi connectivity index (χ0) is 10.1. The monoisotopic (exact) mass is 190 g/mol. The van der Waals surface area contributed by atoms with Crippen molar-refractivity contribution in [3.05, 3.63) is 34.9 Å². The van der Waals surface area contributed by atoms with Gasteiger partial charge in [0.1, 0.15) is 0 Å². The highest BCUT2D eigenvalue weighted by Crippen LogP contribution is 2.35. The first-order chi connectivity index (χ1) is 6.68. The minimum absolute atomic E-state index is 0.114. The number of aliphatic hydroxyl groups excluding tert-OH is 1. The Morgan fingerprint density at radius 3 is 2.50 bits per heavy atom. The second-order valence-electron chi connectivity index (χ2n) is 4.45. The van der Waals surface area contributed by atoms with Gasteiger partial charge in [-0.05, 0) is 43.4 Å². The van der Waals surface area contributed by atoms with Crippen LogP contribution in [0.4, 0.5) is 0 Å². The van der Waals surface area contributed by atoms with Crippen molar-refractivity contribution in [2.24, 2.45) is 0 Å². The summed E-state index contributed by atoms with van der Waals surface area (Å²) >= 11 is 0. The van der Waals surface area contributed by atoms with Crippen LogP contribution in [0.25, 0.3) is 0 Å². The molecule has 0 amide bonds. The smallest absolute Gasteiger partial charge is 0.0608 e. The molecule has 0 spiro atoms. The van der Waals surface area contributed by atoms with Crippen molar-refractivity contribution < 1.29 is 5.11 Å². The quantitative estimate of drug-likeness (QED) is 0.722. The summed E-state index contributed by atoms with van der Waals surface area (Å²) in [5.74, 6) is 0.384. The molecule has 2 atom stereocenters. The van der Waals surface area contributed by atoms with E-state index >= 15 is 0 Å². The molecule has 14 heavy (non-hydrogen) atoms. The predicted octanol–water partition coefficient (Wildman–Crippen LogP) is 2.93. The average Bonchev–Trinajstić information content (AvgIpc) is 2.57.